The van der Waals surface area contributed by atoms with Gasteiger partial charge in [0.1, 0.15) is 0 Å². The van der Waals surface area contributed by atoms with Gasteiger partial charge in [-0.05, 0) is 12.1 Å². The van der Waals surface area contributed by atoms with Gasteiger partial charge in [-0.25, -0.2) is 0 Å². The number of rotatable bonds is 1. The standard InChI is InChI=1S/C12H8F3NO2/c1-17-9-4-2-3-7-5-8(6-16)11(12(13,14)15)18-10(7)9/h2-5,11H,1H3/t11-/m1/s1. The molecule has 1 aliphatic rings. The Hall–Kier alpha value is -2.16. The van der Waals surface area contributed by atoms with Crippen molar-refractivity contribution in [2.75, 3.05) is 7.11 Å². The predicted molar refractivity (Wildman–Crippen MR) is 57.1 cm³/mol. The molecule has 0 unspecified atom stereocenters. The number of benzene rings is 1. The van der Waals surface area contributed by atoms with Crippen molar-refractivity contribution in [3.8, 4) is 17.6 Å². The molecule has 0 aliphatic carbocycles. The average Bonchev–Trinajstić information content (AvgIpc) is 2.35. The molecule has 0 saturated carbocycles. The smallest absolute Gasteiger partial charge is 0.430 e. The second-order valence-electron chi connectivity index (χ2n) is 3.63. The van der Waals surface area contributed by atoms with E-state index in [1.165, 1.54) is 25.3 Å². The lowest BCUT2D eigenvalue weighted by atomic mass is 10.0. The highest BCUT2D eigenvalue weighted by molar-refractivity contribution is 5.69. The van der Waals surface area contributed by atoms with Crippen LogP contribution in [0.15, 0.2) is 23.8 Å². The topological polar surface area (TPSA) is 42.2 Å². The van der Waals surface area contributed by atoms with Gasteiger partial charge in [0.25, 0.3) is 0 Å². The Morgan fingerprint density at radius 1 is 1.39 bits per heavy atom. The summed E-state index contributed by atoms with van der Waals surface area (Å²) in [5.74, 6) is 0.205. The molecule has 1 atom stereocenters. The summed E-state index contributed by atoms with van der Waals surface area (Å²) in [6.07, 6.45) is -5.72. The zero-order valence-electron chi connectivity index (χ0n) is 9.28. The Balaban J connectivity index is 2.54. The molecule has 1 aliphatic heterocycles. The Labute approximate surface area is 101 Å². The Morgan fingerprint density at radius 2 is 2.11 bits per heavy atom. The van der Waals surface area contributed by atoms with E-state index < -0.39 is 17.9 Å². The lowest BCUT2D eigenvalue weighted by molar-refractivity contribution is -0.182. The number of nitrogens with zero attached hydrogens (tertiary/aromatic N) is 1. The average molecular weight is 255 g/mol. The molecule has 0 aromatic heterocycles. The number of halogens is 3. The maximum Gasteiger partial charge on any atom is 0.430 e. The van der Waals surface area contributed by atoms with Crippen LogP contribution >= 0.6 is 0 Å². The minimum Gasteiger partial charge on any atom is -0.493 e. The summed E-state index contributed by atoms with van der Waals surface area (Å²) in [5, 5.41) is 8.75. The van der Waals surface area contributed by atoms with Crippen LogP contribution in [0.4, 0.5) is 13.2 Å². The summed E-state index contributed by atoms with van der Waals surface area (Å²) in [5.41, 5.74) is -0.0744. The fourth-order valence-electron chi connectivity index (χ4n) is 1.69. The minimum absolute atomic E-state index is 0.00123. The van der Waals surface area contributed by atoms with Crippen molar-refractivity contribution in [2.24, 2.45) is 0 Å². The summed E-state index contributed by atoms with van der Waals surface area (Å²) in [4.78, 5) is 0. The monoisotopic (exact) mass is 255 g/mol. The van der Waals surface area contributed by atoms with Crippen molar-refractivity contribution in [2.45, 2.75) is 12.3 Å². The first-order chi connectivity index (χ1) is 8.47. The maximum absolute atomic E-state index is 12.8. The number of hydrogen-bond donors (Lipinski definition) is 0. The molecule has 0 bridgehead atoms. The molecule has 3 nitrogen and oxygen atoms in total. The SMILES string of the molecule is COc1cccc2c1O[C@@H](C(F)(F)F)C(C#N)=C2. The van der Waals surface area contributed by atoms with Gasteiger partial charge in [0, 0.05) is 5.56 Å². The highest BCUT2D eigenvalue weighted by Crippen LogP contribution is 2.41. The molecule has 94 valence electrons. The van der Waals surface area contributed by atoms with Crippen molar-refractivity contribution in [3.63, 3.8) is 0 Å². The van der Waals surface area contributed by atoms with Crippen LogP contribution in [0.3, 0.4) is 0 Å². The molecule has 1 heterocycles. The van der Waals surface area contributed by atoms with E-state index in [2.05, 4.69) is 0 Å². The molecule has 0 spiro atoms. The largest absolute Gasteiger partial charge is 0.493 e. The number of nitriles is 1. The van der Waals surface area contributed by atoms with Crippen molar-refractivity contribution in [3.05, 3.63) is 29.3 Å². The van der Waals surface area contributed by atoms with Crippen molar-refractivity contribution in [1.82, 2.24) is 0 Å². The van der Waals surface area contributed by atoms with Gasteiger partial charge in [0.2, 0.25) is 6.10 Å². The first-order valence-corrected chi connectivity index (χ1v) is 4.99. The number of fused-ring (bicyclic) bond motifs is 1. The zero-order valence-corrected chi connectivity index (χ0v) is 9.28. The molecular weight excluding hydrogens is 247 g/mol. The molecule has 0 N–H and O–H groups in total. The van der Waals surface area contributed by atoms with E-state index in [1.54, 1.807) is 12.1 Å². The van der Waals surface area contributed by atoms with Crippen LogP contribution in [-0.4, -0.2) is 19.4 Å². The minimum atomic E-state index is -4.64. The summed E-state index contributed by atoms with van der Waals surface area (Å²) in [6, 6.07) is 6.18. The van der Waals surface area contributed by atoms with Crippen LogP contribution in [0.1, 0.15) is 5.56 Å². The van der Waals surface area contributed by atoms with Gasteiger partial charge in [0.05, 0.1) is 18.8 Å². The summed E-state index contributed by atoms with van der Waals surface area (Å²) in [7, 11) is 1.34. The molecule has 0 fully saturated rings. The molecule has 0 amide bonds. The number of hydrogen-bond acceptors (Lipinski definition) is 3. The molecule has 0 saturated heterocycles. The van der Waals surface area contributed by atoms with Crippen molar-refractivity contribution in [1.29, 1.82) is 5.26 Å². The van der Waals surface area contributed by atoms with E-state index in [4.69, 9.17) is 14.7 Å². The highest BCUT2D eigenvalue weighted by Gasteiger charge is 2.46. The number of alkyl halides is 3. The number of methoxy groups -OCH3 is 1. The molecule has 1 aromatic rings. The summed E-state index contributed by atoms with van der Waals surface area (Å²) >= 11 is 0. The molecule has 6 heteroatoms. The van der Waals surface area contributed by atoms with Crippen LogP contribution in [0, 0.1) is 11.3 Å². The second kappa shape index (κ2) is 4.26. The molecule has 18 heavy (non-hydrogen) atoms. The second-order valence-corrected chi connectivity index (χ2v) is 3.63. The summed E-state index contributed by atoms with van der Waals surface area (Å²) < 4.78 is 48.1. The lowest BCUT2D eigenvalue weighted by Gasteiger charge is -2.26. The van der Waals surface area contributed by atoms with Crippen LogP contribution in [0.5, 0.6) is 11.5 Å². The van der Waals surface area contributed by atoms with Gasteiger partial charge in [0.15, 0.2) is 11.5 Å². The Bertz CT molecular complexity index is 543. The van der Waals surface area contributed by atoms with E-state index in [0.717, 1.165) is 0 Å². The van der Waals surface area contributed by atoms with Crippen molar-refractivity contribution >= 4 is 6.08 Å². The fourth-order valence-corrected chi connectivity index (χ4v) is 1.69. The third-order valence-corrected chi connectivity index (χ3v) is 2.48. The van der Waals surface area contributed by atoms with Gasteiger partial charge in [-0.15, -0.1) is 0 Å². The van der Waals surface area contributed by atoms with Crippen LogP contribution < -0.4 is 9.47 Å². The molecular formula is C12H8F3NO2. The van der Waals surface area contributed by atoms with Gasteiger partial charge in [-0.1, -0.05) is 12.1 Å². The van der Waals surface area contributed by atoms with E-state index in [-0.39, 0.29) is 11.5 Å². The maximum atomic E-state index is 12.8. The van der Waals surface area contributed by atoms with Crippen LogP contribution in [0.25, 0.3) is 6.08 Å². The van der Waals surface area contributed by atoms with E-state index >= 15 is 0 Å². The first kappa shape index (κ1) is 12.3. The molecule has 2 rings (SSSR count). The normalized spacial score (nSPS) is 18.2. The predicted octanol–water partition coefficient (Wildman–Crippen LogP) is 2.93. The zero-order chi connectivity index (χ0) is 13.3. The number of para-hydroxylation sites is 1. The van der Waals surface area contributed by atoms with Crippen LogP contribution in [0.2, 0.25) is 0 Å². The van der Waals surface area contributed by atoms with E-state index in [0.29, 0.717) is 5.56 Å². The van der Waals surface area contributed by atoms with Gasteiger partial charge in [-0.2, -0.15) is 18.4 Å². The van der Waals surface area contributed by atoms with E-state index in [9.17, 15) is 13.2 Å². The summed E-state index contributed by atoms with van der Waals surface area (Å²) in [6.45, 7) is 0. The van der Waals surface area contributed by atoms with E-state index in [1.807, 2.05) is 0 Å². The van der Waals surface area contributed by atoms with Gasteiger partial charge in [-0.3, -0.25) is 0 Å². The first-order valence-electron chi connectivity index (χ1n) is 4.99. The van der Waals surface area contributed by atoms with Gasteiger partial charge < -0.3 is 9.47 Å². The van der Waals surface area contributed by atoms with Gasteiger partial charge >= 0.3 is 6.18 Å². The molecule has 0 radical (unpaired) electrons. The highest BCUT2D eigenvalue weighted by atomic mass is 19.4. The van der Waals surface area contributed by atoms with Crippen LogP contribution in [-0.2, 0) is 0 Å². The molecule has 1 aromatic carbocycles. The van der Waals surface area contributed by atoms with Crippen molar-refractivity contribution < 1.29 is 22.6 Å². The third-order valence-electron chi connectivity index (χ3n) is 2.48. The number of ether oxygens (including phenoxy) is 2. The Kier molecular flexibility index (Phi) is 2.91. The quantitative estimate of drug-likeness (QED) is 0.774. The third kappa shape index (κ3) is 1.99. The fraction of sp³-hybridized carbons (Fsp3) is 0.250. The lowest BCUT2D eigenvalue weighted by Crippen LogP contribution is -2.37. The Morgan fingerprint density at radius 3 is 2.67 bits per heavy atom.